The monoisotopic (exact) mass is 595 g/mol. The number of pyridine rings is 2. The van der Waals surface area contributed by atoms with Gasteiger partial charge in [-0.1, -0.05) is 38.5 Å². The van der Waals surface area contributed by atoms with E-state index in [9.17, 15) is 0 Å². The maximum absolute atomic E-state index is 8.74. The highest BCUT2D eigenvalue weighted by Crippen LogP contribution is 2.52. The normalized spacial score (nSPS) is 18.0. The lowest BCUT2D eigenvalue weighted by Gasteiger charge is -2.22. The number of aromatic nitrogens is 2. The summed E-state index contributed by atoms with van der Waals surface area (Å²) in [5.74, 6) is 0. The molecule has 0 radical (unpaired) electrons. The predicted octanol–water partition coefficient (Wildman–Crippen LogP) is 9.47. The molecule has 1 unspecified atom stereocenters. The molecule has 4 heteroatoms. The van der Waals surface area contributed by atoms with Crippen LogP contribution in [-0.2, 0) is 11.1 Å². The lowest BCUT2D eigenvalue weighted by atomic mass is 9.84. The minimum atomic E-state index is -2.30. The van der Waals surface area contributed by atoms with E-state index in [1.54, 1.807) is 11.3 Å². The molecular formula is C40H36N2OS+2. The van der Waals surface area contributed by atoms with Crippen molar-refractivity contribution in [1.29, 1.82) is 0 Å². The van der Waals surface area contributed by atoms with Gasteiger partial charge in [-0.15, -0.1) is 20.5 Å². The Hall–Kier alpha value is -4.28. The molecule has 3 aromatic carbocycles. The molecule has 216 valence electrons. The Morgan fingerprint density at radius 2 is 1.50 bits per heavy atom. The van der Waals surface area contributed by atoms with E-state index in [0.29, 0.717) is 5.56 Å². The van der Waals surface area contributed by atoms with Crippen molar-refractivity contribution in [2.24, 2.45) is 0 Å². The second-order valence-corrected chi connectivity index (χ2v) is 15.2. The Morgan fingerprint density at radius 1 is 0.750 bits per heavy atom. The van der Waals surface area contributed by atoms with Crippen molar-refractivity contribution < 1.29 is 17.7 Å². The van der Waals surface area contributed by atoms with Crippen LogP contribution in [-0.4, -0.2) is 0 Å². The summed E-state index contributed by atoms with van der Waals surface area (Å²) >= 11 is 1.77. The second-order valence-electron chi connectivity index (χ2n) is 13.9. The van der Waals surface area contributed by atoms with Crippen LogP contribution in [0.4, 0.5) is 0 Å². The second kappa shape index (κ2) is 8.25. The molecule has 0 aliphatic carbocycles. The van der Waals surface area contributed by atoms with E-state index in [-0.39, 0.29) is 0 Å². The number of hydrogen-bond donors (Lipinski definition) is 0. The molecule has 1 atom stereocenters. The van der Waals surface area contributed by atoms with Gasteiger partial charge < -0.3 is 4.42 Å². The molecule has 1 spiro atoms. The van der Waals surface area contributed by atoms with Crippen molar-refractivity contribution in [1.82, 2.24) is 0 Å². The summed E-state index contributed by atoms with van der Waals surface area (Å²) in [7, 11) is 0. The fourth-order valence-corrected chi connectivity index (χ4v) is 8.88. The third-order valence-corrected chi connectivity index (χ3v) is 11.1. The van der Waals surface area contributed by atoms with Crippen LogP contribution in [0.2, 0.25) is 0 Å². The van der Waals surface area contributed by atoms with Crippen LogP contribution in [0.5, 0.6) is 0 Å². The van der Waals surface area contributed by atoms with E-state index in [4.69, 9.17) is 8.53 Å². The smallest absolute Gasteiger partial charge is 0.417 e. The molecular weight excluding hydrogens is 557 g/mol. The molecule has 0 saturated heterocycles. The van der Waals surface area contributed by atoms with Gasteiger partial charge in [0.05, 0.1) is 10.3 Å². The fraction of sp³-hybridized carbons (Fsp3) is 0.250. The molecule has 2 aliphatic rings. The first-order chi connectivity index (χ1) is 22.2. The summed E-state index contributed by atoms with van der Waals surface area (Å²) in [4.78, 5) is 1.25. The lowest BCUT2D eigenvalue weighted by molar-refractivity contribution is -0.955. The van der Waals surface area contributed by atoms with Crippen LogP contribution in [0.1, 0.15) is 68.7 Å². The fourth-order valence-electron chi connectivity index (χ4n) is 7.88. The molecule has 0 N–H and O–H groups in total. The van der Waals surface area contributed by atoms with Crippen molar-refractivity contribution in [3.63, 3.8) is 0 Å². The first kappa shape index (κ1) is 23.1. The molecule has 3 nitrogen and oxygen atoms in total. The SMILES string of the molecule is [2H]C([2H])([2H])c1c[n+]2c(cc1C(C)(C)C)-c1c(ccc3c1oc1c3ccc3cc(C)sc31)C21c2cc(C)ccc2-c2cc(C)c(C)c[n+]21. The van der Waals surface area contributed by atoms with Gasteiger partial charge in [0, 0.05) is 43.0 Å². The zero-order valence-corrected chi connectivity index (χ0v) is 27.0. The van der Waals surface area contributed by atoms with Crippen molar-refractivity contribution in [2.45, 2.75) is 66.4 Å². The lowest BCUT2D eigenvalue weighted by Crippen LogP contribution is -2.71. The van der Waals surface area contributed by atoms with Gasteiger partial charge in [0.25, 0.3) is 0 Å². The van der Waals surface area contributed by atoms with Gasteiger partial charge in [-0.25, -0.2) is 0 Å². The summed E-state index contributed by atoms with van der Waals surface area (Å²) < 4.78 is 39.0. The van der Waals surface area contributed by atoms with E-state index < -0.39 is 17.9 Å². The summed E-state index contributed by atoms with van der Waals surface area (Å²) in [6, 6.07) is 22.2. The van der Waals surface area contributed by atoms with Gasteiger partial charge >= 0.3 is 5.66 Å². The number of furan rings is 1. The summed E-state index contributed by atoms with van der Waals surface area (Å²) in [5, 5.41) is 3.36. The first-order valence-corrected chi connectivity index (χ1v) is 16.2. The highest BCUT2D eigenvalue weighted by Gasteiger charge is 2.67. The van der Waals surface area contributed by atoms with Crippen molar-refractivity contribution in [2.75, 3.05) is 0 Å². The quantitative estimate of drug-likeness (QED) is 0.160. The Kier molecular flexibility index (Phi) is 4.34. The zero-order chi connectivity index (χ0) is 32.9. The number of fused-ring (bicyclic) bond motifs is 16. The Balaban J connectivity index is 1.53. The van der Waals surface area contributed by atoms with E-state index in [0.717, 1.165) is 71.4 Å². The molecule has 0 amide bonds. The minimum Gasteiger partial charge on any atom is -0.454 e. The number of nitrogens with zero attached hydrogens (tertiary/aromatic N) is 2. The van der Waals surface area contributed by atoms with Crippen LogP contribution in [0.15, 0.2) is 77.5 Å². The summed E-state index contributed by atoms with van der Waals surface area (Å²) in [5.41, 5.74) is 11.7. The third kappa shape index (κ3) is 3.07. The molecule has 0 fully saturated rings. The van der Waals surface area contributed by atoms with Crippen LogP contribution in [0.25, 0.3) is 54.5 Å². The molecule has 2 aliphatic heterocycles. The van der Waals surface area contributed by atoms with Gasteiger partial charge in [0.15, 0.2) is 18.0 Å². The number of thiophene rings is 1. The van der Waals surface area contributed by atoms with Gasteiger partial charge in [-0.3, -0.25) is 0 Å². The van der Waals surface area contributed by atoms with Gasteiger partial charge in [0.2, 0.25) is 11.4 Å². The van der Waals surface area contributed by atoms with E-state index >= 15 is 0 Å². The Morgan fingerprint density at radius 3 is 2.30 bits per heavy atom. The van der Waals surface area contributed by atoms with Crippen molar-refractivity contribution in [3.05, 3.63) is 117 Å². The largest absolute Gasteiger partial charge is 0.454 e. The number of aryl methyl sites for hydroxylation is 5. The minimum absolute atomic E-state index is 0.379. The molecule has 0 saturated carbocycles. The number of benzene rings is 3. The molecule has 4 aromatic heterocycles. The first-order valence-electron chi connectivity index (χ1n) is 16.8. The van der Waals surface area contributed by atoms with E-state index in [1.807, 2.05) is 6.20 Å². The standard InChI is InChI=1S/C40H36N2OS/c1-21-9-11-29-32(15-21)40(41-19-23(3)22(2)16-33(29)41)30-14-13-27-28-12-10-26-17-25(5)44-38(26)37(28)43-36(27)35(30)34-18-31(39(6,7)8)24(4)20-42(34)40/h9-20H,1-8H3/q+2/i4D3. The molecule has 7 aromatic rings. The van der Waals surface area contributed by atoms with Crippen LogP contribution in [0, 0.1) is 34.5 Å². The van der Waals surface area contributed by atoms with E-state index in [1.165, 1.54) is 21.4 Å². The highest BCUT2D eigenvalue weighted by molar-refractivity contribution is 7.19. The Bertz CT molecular complexity index is 2550. The average molecular weight is 596 g/mol. The van der Waals surface area contributed by atoms with Crippen molar-refractivity contribution >= 4 is 43.4 Å². The number of rotatable bonds is 0. The average Bonchev–Trinajstić information content (AvgIpc) is 3.71. The van der Waals surface area contributed by atoms with Crippen LogP contribution in [0.3, 0.4) is 0 Å². The summed E-state index contributed by atoms with van der Waals surface area (Å²) in [6.07, 6.45) is 4.18. The molecule has 44 heavy (non-hydrogen) atoms. The van der Waals surface area contributed by atoms with Crippen LogP contribution < -0.4 is 9.13 Å². The topological polar surface area (TPSA) is 20.9 Å². The molecule has 9 rings (SSSR count). The summed E-state index contributed by atoms with van der Waals surface area (Å²) in [6.45, 7) is 12.6. The zero-order valence-electron chi connectivity index (χ0n) is 29.1. The predicted molar refractivity (Wildman–Crippen MR) is 181 cm³/mol. The van der Waals surface area contributed by atoms with Gasteiger partial charge in [-0.05, 0) is 92.9 Å². The van der Waals surface area contributed by atoms with E-state index in [2.05, 4.69) is 124 Å². The van der Waals surface area contributed by atoms with Crippen LogP contribution >= 0.6 is 11.3 Å². The van der Waals surface area contributed by atoms with Gasteiger partial charge in [-0.2, -0.15) is 0 Å². The molecule has 6 heterocycles. The molecule has 0 bridgehead atoms. The maximum Gasteiger partial charge on any atom is 0.417 e. The van der Waals surface area contributed by atoms with Crippen molar-refractivity contribution in [3.8, 4) is 22.5 Å². The Labute approximate surface area is 266 Å². The number of hydrogen-bond acceptors (Lipinski definition) is 2. The highest BCUT2D eigenvalue weighted by atomic mass is 32.1. The van der Waals surface area contributed by atoms with Gasteiger partial charge in [0.1, 0.15) is 22.3 Å². The third-order valence-electron chi connectivity index (χ3n) is 10.0. The maximum atomic E-state index is 8.74.